The van der Waals surface area contributed by atoms with E-state index in [2.05, 4.69) is 30.3 Å². The molecule has 11 nitrogen and oxygen atoms in total. The maximum atomic E-state index is 11.5. The van der Waals surface area contributed by atoms with Crippen LogP contribution >= 0.6 is 0 Å². The average molecular weight is 415 g/mol. The van der Waals surface area contributed by atoms with Crippen molar-refractivity contribution in [1.29, 1.82) is 0 Å². The van der Waals surface area contributed by atoms with Crippen LogP contribution in [0.4, 0.5) is 19.0 Å². The molecular weight excluding hydrogens is 399 g/mol. The zero-order chi connectivity index (χ0) is 21.8. The number of ether oxygens (including phenoxy) is 1. The Bertz CT molecular complexity index is 1010. The Morgan fingerprint density at radius 1 is 1.34 bits per heavy atom. The molecule has 0 amide bonds. The van der Waals surface area contributed by atoms with E-state index < -0.39 is 18.1 Å². The number of anilines is 1. The first-order valence-electron chi connectivity index (χ1n) is 7.88. The molecule has 0 aliphatic heterocycles. The first-order valence-corrected chi connectivity index (χ1v) is 7.88. The Morgan fingerprint density at radius 3 is 2.52 bits per heavy atom. The van der Waals surface area contributed by atoms with Gasteiger partial charge >= 0.3 is 18.1 Å². The number of nitrogens with zero attached hydrogens (tertiary/aromatic N) is 6. The highest BCUT2D eigenvalue weighted by Crippen LogP contribution is 2.16. The van der Waals surface area contributed by atoms with Crippen LogP contribution < -0.4 is 5.32 Å². The fourth-order valence-corrected chi connectivity index (χ4v) is 2.13. The van der Waals surface area contributed by atoms with Gasteiger partial charge in [-0.15, -0.1) is 10.2 Å². The summed E-state index contributed by atoms with van der Waals surface area (Å²) in [5, 5.41) is 22.4. The number of nitrogens with one attached hydrogen (secondary N) is 1. The van der Waals surface area contributed by atoms with Gasteiger partial charge in [0.2, 0.25) is 0 Å². The molecule has 3 heterocycles. The van der Waals surface area contributed by atoms with Crippen LogP contribution in [0.3, 0.4) is 0 Å². The first-order chi connectivity index (χ1) is 13.5. The summed E-state index contributed by atoms with van der Waals surface area (Å²) in [6.45, 7) is 1.96. The zero-order valence-electron chi connectivity index (χ0n) is 15.4. The van der Waals surface area contributed by atoms with Crippen LogP contribution in [-0.4, -0.2) is 59.7 Å². The quantitative estimate of drug-likeness (QED) is 0.607. The van der Waals surface area contributed by atoms with Crippen LogP contribution in [-0.2, 0) is 16.6 Å². The minimum Gasteiger partial charge on any atom is -0.475 e. The number of esters is 1. The van der Waals surface area contributed by atoms with Gasteiger partial charge < -0.3 is 19.7 Å². The van der Waals surface area contributed by atoms with Gasteiger partial charge in [-0.25, -0.2) is 19.1 Å². The molecule has 0 radical (unpaired) electrons. The molecule has 2 N–H and O–H groups in total. The summed E-state index contributed by atoms with van der Waals surface area (Å²) in [4.78, 5) is 24.8. The fourth-order valence-electron chi connectivity index (χ4n) is 2.13. The fraction of sp³-hybridized carbons (Fsp3) is 0.333. The van der Waals surface area contributed by atoms with E-state index in [0.29, 0.717) is 11.5 Å². The molecule has 0 spiro atoms. The third-order valence-electron chi connectivity index (χ3n) is 3.46. The molecule has 14 heteroatoms. The van der Waals surface area contributed by atoms with Crippen molar-refractivity contribution in [3.05, 3.63) is 36.2 Å². The van der Waals surface area contributed by atoms with Gasteiger partial charge in [0.1, 0.15) is 12.1 Å². The molecule has 0 aromatic carbocycles. The number of carboxylic acids is 1. The lowest BCUT2D eigenvalue weighted by atomic mass is 10.3. The van der Waals surface area contributed by atoms with Crippen LogP contribution in [0.5, 0.6) is 0 Å². The largest absolute Gasteiger partial charge is 0.490 e. The number of aliphatic carboxylic acids is 1. The number of rotatable bonds is 4. The van der Waals surface area contributed by atoms with E-state index >= 15 is 0 Å². The number of carboxylic acid groups (broad SMARTS) is 1. The highest BCUT2D eigenvalue weighted by atomic mass is 19.4. The van der Waals surface area contributed by atoms with Crippen molar-refractivity contribution < 1.29 is 32.6 Å². The molecular formula is C15H16F3N7O4. The number of aromatic nitrogens is 6. The van der Waals surface area contributed by atoms with E-state index in [1.807, 2.05) is 18.5 Å². The molecule has 0 aliphatic rings. The maximum absolute atomic E-state index is 11.5. The molecule has 3 aromatic rings. The smallest absolute Gasteiger partial charge is 0.475 e. The maximum Gasteiger partial charge on any atom is 0.490 e. The van der Waals surface area contributed by atoms with E-state index in [9.17, 15) is 18.0 Å². The third-order valence-corrected chi connectivity index (χ3v) is 3.46. The Hall–Kier alpha value is -3.71. The van der Waals surface area contributed by atoms with Crippen LogP contribution in [0, 0.1) is 0 Å². The van der Waals surface area contributed by atoms with E-state index in [1.54, 1.807) is 24.7 Å². The van der Waals surface area contributed by atoms with Gasteiger partial charge in [0.15, 0.2) is 17.2 Å². The van der Waals surface area contributed by atoms with E-state index in [0.717, 1.165) is 5.82 Å². The summed E-state index contributed by atoms with van der Waals surface area (Å²) in [6, 6.07) is 3.28. The molecule has 0 aliphatic carbocycles. The topological polar surface area (TPSA) is 137 Å². The number of carbonyl (C=O) groups is 2. The van der Waals surface area contributed by atoms with Crippen molar-refractivity contribution in [3.63, 3.8) is 0 Å². The van der Waals surface area contributed by atoms with Gasteiger partial charge in [-0.1, -0.05) is 0 Å². The SMILES string of the molecule is COC(=O)c1cc2nc(NC(C)c3nncn3C)ccn2n1.O=C(O)C(F)(F)F. The number of alkyl halides is 3. The molecule has 3 rings (SSSR count). The van der Waals surface area contributed by atoms with Gasteiger partial charge in [-0.05, 0) is 13.0 Å². The summed E-state index contributed by atoms with van der Waals surface area (Å²) >= 11 is 0. The van der Waals surface area contributed by atoms with Crippen molar-refractivity contribution in [1.82, 2.24) is 29.4 Å². The summed E-state index contributed by atoms with van der Waals surface area (Å²) in [5.41, 5.74) is 0.768. The van der Waals surface area contributed by atoms with E-state index in [1.165, 1.54) is 11.6 Å². The Morgan fingerprint density at radius 2 is 2.00 bits per heavy atom. The number of hydrogen-bond donors (Lipinski definition) is 2. The number of aryl methyl sites for hydroxylation is 1. The lowest BCUT2D eigenvalue weighted by molar-refractivity contribution is -0.192. The van der Waals surface area contributed by atoms with Crippen LogP contribution in [0.2, 0.25) is 0 Å². The predicted molar refractivity (Wildman–Crippen MR) is 91.1 cm³/mol. The number of halogens is 3. The zero-order valence-corrected chi connectivity index (χ0v) is 15.4. The molecule has 0 saturated heterocycles. The van der Waals surface area contributed by atoms with Crippen LogP contribution in [0.15, 0.2) is 24.7 Å². The van der Waals surface area contributed by atoms with Crippen molar-refractivity contribution >= 4 is 23.4 Å². The molecule has 1 unspecified atom stereocenters. The van der Waals surface area contributed by atoms with Crippen molar-refractivity contribution in [2.24, 2.45) is 7.05 Å². The lowest BCUT2D eigenvalue weighted by Crippen LogP contribution is -2.21. The minimum atomic E-state index is -5.08. The van der Waals surface area contributed by atoms with Gasteiger partial charge in [0, 0.05) is 19.3 Å². The van der Waals surface area contributed by atoms with Gasteiger partial charge in [0.05, 0.1) is 13.2 Å². The average Bonchev–Trinajstić information content (AvgIpc) is 3.26. The molecule has 0 saturated carbocycles. The lowest BCUT2D eigenvalue weighted by Gasteiger charge is -2.13. The molecule has 0 fully saturated rings. The Labute approximate surface area is 161 Å². The molecule has 0 bridgehead atoms. The van der Waals surface area contributed by atoms with Crippen LogP contribution in [0.1, 0.15) is 29.3 Å². The number of methoxy groups -OCH3 is 1. The molecule has 29 heavy (non-hydrogen) atoms. The second kappa shape index (κ2) is 8.53. The Balaban J connectivity index is 0.000000370. The van der Waals surface area contributed by atoms with Gasteiger partial charge in [0.25, 0.3) is 0 Å². The van der Waals surface area contributed by atoms with Crippen molar-refractivity contribution in [2.45, 2.75) is 19.1 Å². The van der Waals surface area contributed by atoms with E-state index in [-0.39, 0.29) is 11.7 Å². The number of fused-ring (bicyclic) bond motifs is 1. The second-order valence-electron chi connectivity index (χ2n) is 5.61. The molecule has 3 aromatic heterocycles. The van der Waals surface area contributed by atoms with Crippen LogP contribution in [0.25, 0.3) is 5.65 Å². The monoisotopic (exact) mass is 415 g/mol. The second-order valence-corrected chi connectivity index (χ2v) is 5.61. The summed E-state index contributed by atoms with van der Waals surface area (Å²) < 4.78 is 39.7. The highest BCUT2D eigenvalue weighted by Gasteiger charge is 2.38. The number of carbonyl (C=O) groups excluding carboxylic acids is 1. The first kappa shape index (κ1) is 21.6. The summed E-state index contributed by atoms with van der Waals surface area (Å²) in [7, 11) is 3.19. The standard InChI is InChI=1S/C13H15N7O2.C2HF3O2/c1-8(12-17-14-7-19(12)2)15-10-4-5-20-11(16-10)6-9(18-20)13(21)22-3;3-2(4,5)1(6)7/h4-8H,1-3H3,(H,15,16);(H,6,7). The van der Waals surface area contributed by atoms with Crippen molar-refractivity contribution in [3.8, 4) is 0 Å². The molecule has 156 valence electrons. The molecule has 1 atom stereocenters. The highest BCUT2D eigenvalue weighted by molar-refractivity contribution is 5.88. The van der Waals surface area contributed by atoms with Crippen molar-refractivity contribution in [2.75, 3.05) is 12.4 Å². The van der Waals surface area contributed by atoms with Gasteiger partial charge in [-0.2, -0.15) is 18.3 Å². The predicted octanol–water partition coefficient (Wildman–Crippen LogP) is 1.45. The summed E-state index contributed by atoms with van der Waals surface area (Å²) in [6.07, 6.45) is -1.72. The van der Waals surface area contributed by atoms with Gasteiger partial charge in [-0.3, -0.25) is 0 Å². The van der Waals surface area contributed by atoms with E-state index in [4.69, 9.17) is 9.90 Å². The number of hydrogen-bond acceptors (Lipinski definition) is 8. The normalized spacial score (nSPS) is 12.1. The minimum absolute atomic E-state index is 0.0644. The summed E-state index contributed by atoms with van der Waals surface area (Å²) in [5.74, 6) is -1.80. The Kier molecular flexibility index (Phi) is 6.35. The third kappa shape index (κ3) is 5.40.